The van der Waals surface area contributed by atoms with Crippen LogP contribution in [0.15, 0.2) is 11.4 Å². The first-order valence-corrected chi connectivity index (χ1v) is 9.19. The summed E-state index contributed by atoms with van der Waals surface area (Å²) in [4.78, 5) is 9.97. The van der Waals surface area contributed by atoms with Gasteiger partial charge in [0.25, 0.3) is 0 Å². The van der Waals surface area contributed by atoms with Crippen LogP contribution in [-0.4, -0.2) is 38.8 Å². The van der Waals surface area contributed by atoms with Crippen LogP contribution in [0.5, 0.6) is 0 Å². The monoisotopic (exact) mass is 312 g/mol. The van der Waals surface area contributed by atoms with Crippen molar-refractivity contribution >= 4 is 44.1 Å². The van der Waals surface area contributed by atoms with E-state index in [1.807, 2.05) is 18.4 Å². The summed E-state index contributed by atoms with van der Waals surface area (Å²) in [5, 5.41) is 9.53. The van der Waals surface area contributed by atoms with Crippen LogP contribution in [0, 0.1) is 0 Å². The van der Waals surface area contributed by atoms with Gasteiger partial charge in [-0.2, -0.15) is 4.98 Å². The van der Waals surface area contributed by atoms with E-state index < -0.39 is 10.8 Å². The first kappa shape index (κ1) is 15.2. The zero-order chi connectivity index (χ0) is 14.4. The molecule has 110 valence electrons. The number of nitrogens with one attached hydrogen (secondary N) is 2. The smallest absolute Gasteiger partial charge is 0.226 e. The molecule has 2 rings (SSSR count). The van der Waals surface area contributed by atoms with Crippen molar-refractivity contribution in [3.05, 3.63) is 11.4 Å². The molecule has 2 heterocycles. The molecule has 2 N–H and O–H groups in total. The van der Waals surface area contributed by atoms with Gasteiger partial charge in [-0.05, 0) is 17.9 Å². The van der Waals surface area contributed by atoms with E-state index in [9.17, 15) is 4.21 Å². The quantitative estimate of drug-likeness (QED) is 0.784. The van der Waals surface area contributed by atoms with E-state index in [-0.39, 0.29) is 0 Å². The van der Waals surface area contributed by atoms with Crippen molar-refractivity contribution in [2.45, 2.75) is 20.3 Å². The third-order valence-corrected chi connectivity index (χ3v) is 4.91. The highest BCUT2D eigenvalue weighted by Crippen LogP contribution is 2.26. The van der Waals surface area contributed by atoms with Crippen molar-refractivity contribution in [2.75, 3.05) is 35.2 Å². The normalized spacial score (nSPS) is 12.5. The molecule has 1 unspecified atom stereocenters. The van der Waals surface area contributed by atoms with Gasteiger partial charge in [0, 0.05) is 35.4 Å². The van der Waals surface area contributed by atoms with Gasteiger partial charge in [-0.15, -0.1) is 11.3 Å². The van der Waals surface area contributed by atoms with Crippen LogP contribution in [0.1, 0.15) is 20.3 Å². The highest BCUT2D eigenvalue weighted by Gasteiger charge is 2.08. The molecule has 7 heteroatoms. The zero-order valence-corrected chi connectivity index (χ0v) is 13.4. The molecule has 20 heavy (non-hydrogen) atoms. The lowest BCUT2D eigenvalue weighted by atomic mass is 10.4. The molecule has 0 amide bonds. The van der Waals surface area contributed by atoms with Gasteiger partial charge >= 0.3 is 0 Å². The Kier molecular flexibility index (Phi) is 5.72. The van der Waals surface area contributed by atoms with Gasteiger partial charge in [0.2, 0.25) is 5.95 Å². The zero-order valence-electron chi connectivity index (χ0n) is 11.8. The molecule has 0 fully saturated rings. The van der Waals surface area contributed by atoms with Crippen molar-refractivity contribution in [3.63, 3.8) is 0 Å². The van der Waals surface area contributed by atoms with E-state index >= 15 is 0 Å². The fourth-order valence-electron chi connectivity index (χ4n) is 1.73. The molecular weight excluding hydrogens is 292 g/mol. The molecule has 0 spiro atoms. The van der Waals surface area contributed by atoms with Crippen molar-refractivity contribution in [3.8, 4) is 0 Å². The summed E-state index contributed by atoms with van der Waals surface area (Å²) in [5.74, 6) is 2.82. The standard InChI is InChI=1S/C13H20N4OS2/c1-3-6-15-13-16-11(14-7-9-20(18)4-2)10-5-8-19-12(10)17-13/h5,8H,3-4,6-7,9H2,1-2H3,(H2,14,15,16,17). The summed E-state index contributed by atoms with van der Waals surface area (Å²) in [6.07, 6.45) is 1.03. The third-order valence-electron chi connectivity index (χ3n) is 2.80. The summed E-state index contributed by atoms with van der Waals surface area (Å²) in [6.45, 7) is 5.56. The number of rotatable bonds is 8. The maximum Gasteiger partial charge on any atom is 0.226 e. The molecule has 0 aromatic carbocycles. The lowest BCUT2D eigenvalue weighted by molar-refractivity contribution is 0.684. The van der Waals surface area contributed by atoms with Crippen LogP contribution in [0.25, 0.3) is 10.2 Å². The number of hydrogen-bond acceptors (Lipinski definition) is 6. The van der Waals surface area contributed by atoms with E-state index in [0.717, 1.165) is 29.0 Å². The minimum Gasteiger partial charge on any atom is -0.368 e. The van der Waals surface area contributed by atoms with Crippen molar-refractivity contribution in [1.82, 2.24) is 9.97 Å². The number of aromatic nitrogens is 2. The molecule has 2 aromatic heterocycles. The Balaban J connectivity index is 2.12. The van der Waals surface area contributed by atoms with Crippen LogP contribution in [0.2, 0.25) is 0 Å². The molecule has 5 nitrogen and oxygen atoms in total. The van der Waals surface area contributed by atoms with Crippen LogP contribution >= 0.6 is 11.3 Å². The molecule has 0 radical (unpaired) electrons. The summed E-state index contributed by atoms with van der Waals surface area (Å²) in [7, 11) is -0.754. The molecule has 0 saturated heterocycles. The largest absolute Gasteiger partial charge is 0.368 e. The highest BCUT2D eigenvalue weighted by molar-refractivity contribution is 7.84. The molecule has 1 atom stereocenters. The van der Waals surface area contributed by atoms with Crippen LogP contribution < -0.4 is 10.6 Å². The van der Waals surface area contributed by atoms with Crippen molar-refractivity contribution in [1.29, 1.82) is 0 Å². The molecule has 2 aromatic rings. The summed E-state index contributed by atoms with van der Waals surface area (Å²) in [5.41, 5.74) is 0. The van der Waals surface area contributed by atoms with E-state index in [0.29, 0.717) is 24.0 Å². The van der Waals surface area contributed by atoms with E-state index in [4.69, 9.17) is 0 Å². The fourth-order valence-corrected chi connectivity index (χ4v) is 3.12. The topological polar surface area (TPSA) is 66.9 Å². The van der Waals surface area contributed by atoms with Gasteiger partial charge in [0.05, 0.1) is 5.39 Å². The molecule has 0 aliphatic carbocycles. The molecule has 0 aliphatic heterocycles. The highest BCUT2D eigenvalue weighted by atomic mass is 32.2. The minimum atomic E-state index is -0.754. The Morgan fingerprint density at radius 1 is 1.25 bits per heavy atom. The number of nitrogens with zero attached hydrogens (tertiary/aromatic N) is 2. The number of anilines is 2. The van der Waals surface area contributed by atoms with Gasteiger partial charge in [0.1, 0.15) is 10.6 Å². The van der Waals surface area contributed by atoms with Gasteiger partial charge in [-0.25, -0.2) is 4.98 Å². The second-order valence-electron chi connectivity index (χ2n) is 4.32. The maximum absolute atomic E-state index is 11.5. The lowest BCUT2D eigenvalue weighted by Crippen LogP contribution is -2.14. The predicted molar refractivity (Wildman–Crippen MR) is 88.2 cm³/mol. The van der Waals surface area contributed by atoms with Crippen LogP contribution in [0.3, 0.4) is 0 Å². The van der Waals surface area contributed by atoms with Crippen molar-refractivity contribution < 1.29 is 4.21 Å². The second kappa shape index (κ2) is 7.54. The van der Waals surface area contributed by atoms with E-state index in [1.54, 1.807) is 11.3 Å². The Hall–Kier alpha value is -1.21. The molecule has 0 aliphatic rings. The van der Waals surface area contributed by atoms with Crippen LogP contribution in [-0.2, 0) is 10.8 Å². The summed E-state index contributed by atoms with van der Waals surface area (Å²) >= 11 is 1.60. The Bertz CT molecular complexity index is 585. The van der Waals surface area contributed by atoms with Gasteiger partial charge in [0.15, 0.2) is 0 Å². The average molecular weight is 312 g/mol. The van der Waals surface area contributed by atoms with Gasteiger partial charge in [-0.3, -0.25) is 4.21 Å². The number of fused-ring (bicyclic) bond motifs is 1. The van der Waals surface area contributed by atoms with Crippen molar-refractivity contribution in [2.24, 2.45) is 0 Å². The predicted octanol–water partition coefficient (Wildman–Crippen LogP) is 2.69. The number of hydrogen-bond donors (Lipinski definition) is 2. The molecular formula is C13H20N4OS2. The molecule has 0 saturated carbocycles. The summed E-state index contributed by atoms with van der Waals surface area (Å²) < 4.78 is 11.5. The number of thiophene rings is 1. The second-order valence-corrected chi connectivity index (χ2v) is 7.08. The van der Waals surface area contributed by atoms with E-state index in [2.05, 4.69) is 27.5 Å². The van der Waals surface area contributed by atoms with Gasteiger partial charge in [-0.1, -0.05) is 13.8 Å². The Labute approximate surface area is 125 Å². The SMILES string of the molecule is CCCNc1nc(NCCS(=O)CC)c2ccsc2n1. The maximum atomic E-state index is 11.5. The minimum absolute atomic E-state index is 0.643. The first-order valence-electron chi connectivity index (χ1n) is 6.82. The Morgan fingerprint density at radius 2 is 2.10 bits per heavy atom. The Morgan fingerprint density at radius 3 is 2.85 bits per heavy atom. The summed E-state index contributed by atoms with van der Waals surface area (Å²) in [6, 6.07) is 2.02. The van der Waals surface area contributed by atoms with Crippen LogP contribution in [0.4, 0.5) is 11.8 Å². The van der Waals surface area contributed by atoms with E-state index in [1.165, 1.54) is 0 Å². The fraction of sp³-hybridized carbons (Fsp3) is 0.538. The lowest BCUT2D eigenvalue weighted by Gasteiger charge is -2.09. The first-order chi connectivity index (χ1) is 9.74. The molecule has 0 bridgehead atoms. The third kappa shape index (κ3) is 3.89. The average Bonchev–Trinajstić information content (AvgIpc) is 2.93. The van der Waals surface area contributed by atoms with Gasteiger partial charge < -0.3 is 10.6 Å².